The Morgan fingerprint density at radius 1 is 1.31 bits per heavy atom. The van der Waals surface area contributed by atoms with Crippen LogP contribution in [0.15, 0.2) is 29.3 Å². The molecule has 0 saturated carbocycles. The van der Waals surface area contributed by atoms with Gasteiger partial charge in [0.1, 0.15) is 0 Å². The van der Waals surface area contributed by atoms with Gasteiger partial charge in [0.2, 0.25) is 0 Å². The van der Waals surface area contributed by atoms with Crippen LogP contribution in [0.2, 0.25) is 0 Å². The lowest BCUT2D eigenvalue weighted by Crippen LogP contribution is -2.21. The highest BCUT2D eigenvalue weighted by atomic mass is 15.1. The summed E-state index contributed by atoms with van der Waals surface area (Å²) in [7, 11) is 0. The Bertz CT molecular complexity index is 342. The van der Waals surface area contributed by atoms with Crippen molar-refractivity contribution in [3.05, 3.63) is 35.4 Å². The van der Waals surface area contributed by atoms with Gasteiger partial charge in [0.25, 0.3) is 0 Å². The van der Waals surface area contributed by atoms with Crippen molar-refractivity contribution in [2.45, 2.75) is 19.9 Å². The number of nitrogens with one attached hydrogen (secondary N) is 1. The average molecular weight is 174 g/mol. The van der Waals surface area contributed by atoms with Crippen LogP contribution in [0.25, 0.3) is 0 Å². The summed E-state index contributed by atoms with van der Waals surface area (Å²) < 4.78 is 0. The molecule has 1 N–H and O–H groups in total. The Labute approximate surface area is 78.7 Å². The fourth-order valence-corrected chi connectivity index (χ4v) is 1.73. The maximum atomic E-state index is 4.34. The first-order valence-corrected chi connectivity index (χ1v) is 4.60. The van der Waals surface area contributed by atoms with Crippen molar-refractivity contribution in [3.8, 4) is 0 Å². The Kier molecular flexibility index (Phi) is 2.05. The number of amidine groups is 1. The zero-order chi connectivity index (χ0) is 9.26. The first-order chi connectivity index (χ1) is 6.27. The minimum absolute atomic E-state index is 0.390. The Morgan fingerprint density at radius 2 is 2.08 bits per heavy atom. The minimum Gasteiger partial charge on any atom is -0.365 e. The monoisotopic (exact) mass is 174 g/mol. The second-order valence-corrected chi connectivity index (χ2v) is 3.48. The van der Waals surface area contributed by atoms with Gasteiger partial charge in [-0.25, -0.2) is 0 Å². The van der Waals surface area contributed by atoms with E-state index in [4.69, 9.17) is 0 Å². The van der Waals surface area contributed by atoms with Crippen LogP contribution >= 0.6 is 0 Å². The topological polar surface area (TPSA) is 24.4 Å². The molecule has 1 heterocycles. The number of aliphatic imine (C=N–C) groups is 1. The lowest BCUT2D eigenvalue weighted by molar-refractivity contribution is 0.703. The van der Waals surface area contributed by atoms with E-state index in [-0.39, 0.29) is 0 Å². The molecule has 2 rings (SSSR count). The van der Waals surface area contributed by atoms with E-state index in [9.17, 15) is 0 Å². The molecule has 68 valence electrons. The van der Waals surface area contributed by atoms with Crippen LogP contribution < -0.4 is 5.32 Å². The molecule has 1 atom stereocenters. The molecule has 0 aliphatic carbocycles. The minimum atomic E-state index is 0.390. The van der Waals surface area contributed by atoms with Crippen LogP contribution in [-0.2, 0) is 0 Å². The molecule has 0 aromatic heterocycles. The van der Waals surface area contributed by atoms with Crippen molar-refractivity contribution in [1.29, 1.82) is 0 Å². The van der Waals surface area contributed by atoms with Crippen molar-refractivity contribution < 1.29 is 0 Å². The summed E-state index contributed by atoms with van der Waals surface area (Å²) in [6, 6.07) is 8.85. The molecular formula is C11H14N2. The van der Waals surface area contributed by atoms with E-state index in [1.54, 1.807) is 0 Å². The fourth-order valence-electron chi connectivity index (χ4n) is 1.73. The number of rotatable bonds is 1. The van der Waals surface area contributed by atoms with Crippen LogP contribution in [0.3, 0.4) is 0 Å². The SMILES string of the molecule is CC1=NCC(c2ccccc2C)N1. The molecule has 1 aromatic carbocycles. The summed E-state index contributed by atoms with van der Waals surface area (Å²) in [6.07, 6.45) is 0. The molecule has 1 aromatic rings. The van der Waals surface area contributed by atoms with E-state index in [0.717, 1.165) is 12.4 Å². The number of nitrogens with zero attached hydrogens (tertiary/aromatic N) is 1. The van der Waals surface area contributed by atoms with Crippen molar-refractivity contribution >= 4 is 5.84 Å². The zero-order valence-corrected chi connectivity index (χ0v) is 8.04. The van der Waals surface area contributed by atoms with Gasteiger partial charge in [-0.1, -0.05) is 24.3 Å². The normalized spacial score (nSPS) is 21.1. The third-order valence-electron chi connectivity index (χ3n) is 2.46. The Balaban J connectivity index is 2.23. The summed E-state index contributed by atoms with van der Waals surface area (Å²) in [5.41, 5.74) is 2.70. The predicted molar refractivity (Wildman–Crippen MR) is 55.0 cm³/mol. The van der Waals surface area contributed by atoms with Gasteiger partial charge in [0.05, 0.1) is 18.4 Å². The van der Waals surface area contributed by atoms with Gasteiger partial charge in [-0.15, -0.1) is 0 Å². The molecule has 13 heavy (non-hydrogen) atoms. The quantitative estimate of drug-likeness (QED) is 0.692. The van der Waals surface area contributed by atoms with E-state index in [0.29, 0.717) is 6.04 Å². The molecule has 0 bridgehead atoms. The molecule has 1 unspecified atom stereocenters. The maximum absolute atomic E-state index is 4.34. The molecule has 1 aliphatic rings. The number of aryl methyl sites for hydroxylation is 1. The van der Waals surface area contributed by atoms with Crippen LogP contribution in [-0.4, -0.2) is 12.4 Å². The highest BCUT2D eigenvalue weighted by molar-refractivity contribution is 5.81. The predicted octanol–water partition coefficient (Wildman–Crippen LogP) is 2.06. The molecule has 0 fully saturated rings. The summed E-state index contributed by atoms with van der Waals surface area (Å²) >= 11 is 0. The molecule has 0 amide bonds. The van der Waals surface area contributed by atoms with E-state index in [1.165, 1.54) is 11.1 Å². The zero-order valence-electron chi connectivity index (χ0n) is 8.04. The van der Waals surface area contributed by atoms with Crippen molar-refractivity contribution in [3.63, 3.8) is 0 Å². The largest absolute Gasteiger partial charge is 0.365 e. The van der Waals surface area contributed by atoms with Crippen LogP contribution in [0.4, 0.5) is 0 Å². The second kappa shape index (κ2) is 3.21. The number of hydrogen-bond donors (Lipinski definition) is 1. The second-order valence-electron chi connectivity index (χ2n) is 3.48. The summed E-state index contributed by atoms with van der Waals surface area (Å²) in [5, 5.41) is 3.36. The summed E-state index contributed by atoms with van der Waals surface area (Å²) in [4.78, 5) is 4.34. The fraction of sp³-hybridized carbons (Fsp3) is 0.364. The standard InChI is InChI=1S/C11H14N2/c1-8-5-3-4-6-10(8)11-7-12-9(2)13-11/h3-6,11H,7H2,1-2H3,(H,12,13). The van der Waals surface area contributed by atoms with Gasteiger partial charge in [0, 0.05) is 0 Å². The van der Waals surface area contributed by atoms with E-state index < -0.39 is 0 Å². The lowest BCUT2D eigenvalue weighted by Gasteiger charge is -2.13. The first kappa shape index (κ1) is 8.30. The van der Waals surface area contributed by atoms with Crippen molar-refractivity contribution in [2.75, 3.05) is 6.54 Å². The van der Waals surface area contributed by atoms with Crippen LogP contribution in [0.5, 0.6) is 0 Å². The van der Waals surface area contributed by atoms with E-state index >= 15 is 0 Å². The summed E-state index contributed by atoms with van der Waals surface area (Å²) in [6.45, 7) is 5.03. The van der Waals surface area contributed by atoms with Crippen molar-refractivity contribution in [1.82, 2.24) is 5.32 Å². The molecule has 2 heteroatoms. The third-order valence-corrected chi connectivity index (χ3v) is 2.46. The van der Waals surface area contributed by atoms with Gasteiger partial charge >= 0.3 is 0 Å². The van der Waals surface area contributed by atoms with E-state index in [2.05, 4.69) is 41.5 Å². The Hall–Kier alpha value is -1.31. The molecule has 0 saturated heterocycles. The van der Waals surface area contributed by atoms with E-state index in [1.807, 2.05) is 6.92 Å². The van der Waals surface area contributed by atoms with Gasteiger partial charge in [-0.2, -0.15) is 0 Å². The van der Waals surface area contributed by atoms with Gasteiger partial charge < -0.3 is 5.32 Å². The van der Waals surface area contributed by atoms with Crippen LogP contribution in [0, 0.1) is 6.92 Å². The van der Waals surface area contributed by atoms with Gasteiger partial charge in [0.15, 0.2) is 0 Å². The van der Waals surface area contributed by atoms with Gasteiger partial charge in [-0.05, 0) is 25.0 Å². The van der Waals surface area contributed by atoms with Crippen LogP contribution in [0.1, 0.15) is 24.1 Å². The first-order valence-electron chi connectivity index (χ1n) is 4.60. The highest BCUT2D eigenvalue weighted by Crippen LogP contribution is 2.20. The maximum Gasteiger partial charge on any atom is 0.0938 e. The molecular weight excluding hydrogens is 160 g/mol. The lowest BCUT2D eigenvalue weighted by atomic mass is 10.0. The smallest absolute Gasteiger partial charge is 0.0938 e. The molecule has 1 aliphatic heterocycles. The Morgan fingerprint density at radius 3 is 2.69 bits per heavy atom. The average Bonchev–Trinajstić information content (AvgIpc) is 2.53. The van der Waals surface area contributed by atoms with Gasteiger partial charge in [-0.3, -0.25) is 4.99 Å². The third kappa shape index (κ3) is 1.57. The number of benzene rings is 1. The molecule has 0 spiro atoms. The number of hydrogen-bond acceptors (Lipinski definition) is 2. The summed E-state index contributed by atoms with van der Waals surface area (Å²) in [5.74, 6) is 1.05. The highest BCUT2D eigenvalue weighted by Gasteiger charge is 2.17. The molecule has 0 radical (unpaired) electrons. The van der Waals surface area contributed by atoms with Crippen molar-refractivity contribution in [2.24, 2.45) is 4.99 Å². The molecule has 2 nitrogen and oxygen atoms in total.